The number of hydrogen-bond donors (Lipinski definition) is 1. The lowest BCUT2D eigenvalue weighted by Gasteiger charge is -2.10. The van der Waals surface area contributed by atoms with Crippen molar-refractivity contribution in [2.75, 3.05) is 11.9 Å². The molecule has 0 atom stereocenters. The Morgan fingerprint density at radius 1 is 1.10 bits per heavy atom. The zero-order valence-corrected chi connectivity index (χ0v) is 14.1. The van der Waals surface area contributed by atoms with Gasteiger partial charge in [0.1, 0.15) is 5.82 Å². The van der Waals surface area contributed by atoms with Gasteiger partial charge in [-0.2, -0.15) is 0 Å². The van der Waals surface area contributed by atoms with Crippen LogP contribution in [0.25, 0.3) is 10.8 Å². The van der Waals surface area contributed by atoms with Crippen LogP contribution >= 0.6 is 15.9 Å². The van der Waals surface area contributed by atoms with E-state index in [2.05, 4.69) is 78.2 Å². The molecule has 0 bridgehead atoms. The Bertz CT molecular complexity index is 647. The van der Waals surface area contributed by atoms with Gasteiger partial charge in [0.25, 0.3) is 0 Å². The zero-order valence-electron chi connectivity index (χ0n) is 12.5. The smallest absolute Gasteiger partial charge is 0.133 e. The predicted octanol–water partition coefficient (Wildman–Crippen LogP) is 5.09. The fraction of sp³-hybridized carbons (Fsp3) is 0.471. The minimum atomic E-state index is 0.408. The average molecular weight is 333 g/mol. The molecule has 1 aromatic carbocycles. The van der Waals surface area contributed by atoms with Crippen LogP contribution in [0.4, 0.5) is 5.82 Å². The number of nitrogens with one attached hydrogen (secondary N) is 1. The standard InChI is InChI=1S/C17H21BrN2/c1-16(2)14(17(16,3)4)10-20-15-12-6-5-7-13(18)11(12)8-9-19-15/h5-9,14H,10H2,1-4H3,(H,19,20). The van der Waals surface area contributed by atoms with Gasteiger partial charge in [0.15, 0.2) is 0 Å². The van der Waals surface area contributed by atoms with E-state index in [0.29, 0.717) is 16.7 Å². The fourth-order valence-corrected chi connectivity index (χ4v) is 3.85. The van der Waals surface area contributed by atoms with Gasteiger partial charge in [0.05, 0.1) is 0 Å². The first-order chi connectivity index (χ1) is 9.35. The largest absolute Gasteiger partial charge is 0.369 e. The van der Waals surface area contributed by atoms with Crippen LogP contribution in [0.3, 0.4) is 0 Å². The molecule has 0 saturated heterocycles. The molecule has 0 aliphatic heterocycles. The van der Waals surface area contributed by atoms with E-state index in [9.17, 15) is 0 Å². The van der Waals surface area contributed by atoms with Crippen molar-refractivity contribution in [2.24, 2.45) is 16.7 Å². The molecule has 1 heterocycles. The van der Waals surface area contributed by atoms with E-state index in [1.54, 1.807) is 0 Å². The summed E-state index contributed by atoms with van der Waals surface area (Å²) in [6.45, 7) is 10.4. The quantitative estimate of drug-likeness (QED) is 0.846. The molecule has 3 heteroatoms. The fourth-order valence-electron chi connectivity index (χ4n) is 3.35. The summed E-state index contributed by atoms with van der Waals surface area (Å²) in [5.41, 5.74) is 0.816. The van der Waals surface area contributed by atoms with Crippen molar-refractivity contribution >= 4 is 32.5 Å². The number of aromatic nitrogens is 1. The Morgan fingerprint density at radius 2 is 1.80 bits per heavy atom. The maximum atomic E-state index is 4.51. The molecular formula is C17H21BrN2. The highest BCUT2D eigenvalue weighted by molar-refractivity contribution is 9.10. The van der Waals surface area contributed by atoms with E-state index in [1.807, 2.05) is 6.20 Å². The van der Waals surface area contributed by atoms with Crippen molar-refractivity contribution in [2.45, 2.75) is 27.7 Å². The second-order valence-corrected chi connectivity index (χ2v) is 7.73. The van der Waals surface area contributed by atoms with E-state index in [-0.39, 0.29) is 0 Å². The van der Waals surface area contributed by atoms with Gasteiger partial charge in [0.2, 0.25) is 0 Å². The lowest BCUT2D eigenvalue weighted by atomic mass is 10.0. The first-order valence-electron chi connectivity index (χ1n) is 7.13. The summed E-state index contributed by atoms with van der Waals surface area (Å²) >= 11 is 3.60. The number of benzene rings is 1. The summed E-state index contributed by atoms with van der Waals surface area (Å²) in [6.07, 6.45) is 1.87. The van der Waals surface area contributed by atoms with Crippen molar-refractivity contribution in [3.05, 3.63) is 34.9 Å². The van der Waals surface area contributed by atoms with Gasteiger partial charge >= 0.3 is 0 Å². The van der Waals surface area contributed by atoms with Crippen LogP contribution in [0.2, 0.25) is 0 Å². The van der Waals surface area contributed by atoms with Crippen LogP contribution in [0, 0.1) is 16.7 Å². The Morgan fingerprint density at radius 3 is 2.45 bits per heavy atom. The number of pyridine rings is 1. The Labute approximate surface area is 129 Å². The molecule has 2 nitrogen and oxygen atoms in total. The van der Waals surface area contributed by atoms with Crippen molar-refractivity contribution in [1.29, 1.82) is 0 Å². The Hall–Kier alpha value is -1.09. The maximum Gasteiger partial charge on any atom is 0.133 e. The van der Waals surface area contributed by atoms with E-state index in [4.69, 9.17) is 0 Å². The molecule has 106 valence electrons. The van der Waals surface area contributed by atoms with Crippen molar-refractivity contribution < 1.29 is 0 Å². The molecule has 0 amide bonds. The summed E-state index contributed by atoms with van der Waals surface area (Å²) in [4.78, 5) is 4.51. The molecule has 0 radical (unpaired) electrons. The number of fused-ring (bicyclic) bond motifs is 1. The highest BCUT2D eigenvalue weighted by Crippen LogP contribution is 2.68. The Balaban J connectivity index is 1.85. The third-order valence-corrected chi connectivity index (χ3v) is 6.24. The summed E-state index contributed by atoms with van der Waals surface area (Å²) < 4.78 is 1.12. The second kappa shape index (κ2) is 4.45. The summed E-state index contributed by atoms with van der Waals surface area (Å²) in [7, 11) is 0. The highest BCUT2D eigenvalue weighted by Gasteiger charge is 2.64. The molecule has 1 fully saturated rings. The third kappa shape index (κ3) is 1.95. The summed E-state index contributed by atoms with van der Waals surface area (Å²) in [5, 5.41) is 5.94. The maximum absolute atomic E-state index is 4.51. The average Bonchev–Trinajstić information content (AvgIpc) is 2.78. The van der Waals surface area contributed by atoms with Gasteiger partial charge in [-0.25, -0.2) is 4.98 Å². The van der Waals surface area contributed by atoms with Crippen molar-refractivity contribution in [1.82, 2.24) is 4.98 Å². The van der Waals surface area contributed by atoms with Crippen LogP contribution < -0.4 is 5.32 Å². The van der Waals surface area contributed by atoms with E-state index in [0.717, 1.165) is 16.8 Å². The SMILES string of the molecule is CC1(C)C(CNc2nccc3c(Br)cccc23)C1(C)C. The molecular weight excluding hydrogens is 312 g/mol. The van der Waals surface area contributed by atoms with Crippen LogP contribution in [-0.2, 0) is 0 Å². The molecule has 0 spiro atoms. The summed E-state index contributed by atoms with van der Waals surface area (Å²) in [5.74, 6) is 1.68. The lowest BCUT2D eigenvalue weighted by molar-refractivity contribution is 0.457. The number of nitrogens with zero attached hydrogens (tertiary/aromatic N) is 1. The molecule has 2 aromatic rings. The first kappa shape index (κ1) is 13.9. The lowest BCUT2D eigenvalue weighted by Crippen LogP contribution is -2.09. The van der Waals surface area contributed by atoms with Gasteiger partial charge in [-0.1, -0.05) is 55.8 Å². The summed E-state index contributed by atoms with van der Waals surface area (Å²) in [6, 6.07) is 8.30. The van der Waals surface area contributed by atoms with Gasteiger partial charge in [-0.05, 0) is 28.9 Å². The minimum Gasteiger partial charge on any atom is -0.369 e. The van der Waals surface area contributed by atoms with Crippen LogP contribution in [-0.4, -0.2) is 11.5 Å². The molecule has 3 rings (SSSR count). The van der Waals surface area contributed by atoms with E-state index in [1.165, 1.54) is 10.8 Å². The zero-order chi connectivity index (χ0) is 14.5. The molecule has 20 heavy (non-hydrogen) atoms. The Kier molecular flexibility index (Phi) is 3.09. The number of halogens is 1. The first-order valence-corrected chi connectivity index (χ1v) is 7.92. The monoisotopic (exact) mass is 332 g/mol. The van der Waals surface area contributed by atoms with Gasteiger partial charge in [-0.3, -0.25) is 0 Å². The van der Waals surface area contributed by atoms with Gasteiger partial charge in [-0.15, -0.1) is 0 Å². The third-order valence-electron chi connectivity index (χ3n) is 5.55. The van der Waals surface area contributed by atoms with Crippen LogP contribution in [0.15, 0.2) is 34.9 Å². The van der Waals surface area contributed by atoms with Gasteiger partial charge < -0.3 is 5.32 Å². The number of rotatable bonds is 3. The normalized spacial score (nSPS) is 20.1. The molecule has 1 N–H and O–H groups in total. The number of anilines is 1. The van der Waals surface area contributed by atoms with Crippen LogP contribution in [0.1, 0.15) is 27.7 Å². The van der Waals surface area contributed by atoms with Crippen molar-refractivity contribution in [3.63, 3.8) is 0 Å². The second-order valence-electron chi connectivity index (χ2n) is 6.87. The molecule has 1 saturated carbocycles. The predicted molar refractivity (Wildman–Crippen MR) is 89.0 cm³/mol. The molecule has 1 aromatic heterocycles. The topological polar surface area (TPSA) is 24.9 Å². The van der Waals surface area contributed by atoms with E-state index >= 15 is 0 Å². The van der Waals surface area contributed by atoms with Crippen LogP contribution in [0.5, 0.6) is 0 Å². The molecule has 0 unspecified atom stereocenters. The highest BCUT2D eigenvalue weighted by atomic mass is 79.9. The van der Waals surface area contributed by atoms with Crippen molar-refractivity contribution in [3.8, 4) is 0 Å². The van der Waals surface area contributed by atoms with Gasteiger partial charge in [0, 0.05) is 28.0 Å². The molecule has 1 aliphatic rings. The molecule has 1 aliphatic carbocycles. The minimum absolute atomic E-state index is 0.408. The number of hydrogen-bond acceptors (Lipinski definition) is 2. The van der Waals surface area contributed by atoms with E-state index < -0.39 is 0 Å².